The number of nitrogens with zero attached hydrogens (tertiary/aromatic N) is 1. The second-order valence-electron chi connectivity index (χ2n) is 14.8. The van der Waals surface area contributed by atoms with Crippen LogP contribution in [0.4, 0.5) is 17.1 Å². The zero-order chi connectivity index (χ0) is 37.5. The van der Waals surface area contributed by atoms with E-state index >= 15 is 0 Å². The summed E-state index contributed by atoms with van der Waals surface area (Å²) in [7, 11) is 0. The molecule has 0 saturated carbocycles. The summed E-state index contributed by atoms with van der Waals surface area (Å²) in [4.78, 5) is 2.43. The quantitative estimate of drug-likeness (QED) is 0.175. The number of hydrogen-bond acceptors (Lipinski definition) is 3. The molecule has 0 saturated heterocycles. The van der Waals surface area contributed by atoms with Gasteiger partial charge >= 0.3 is 0 Å². The molecule has 57 heavy (non-hydrogen) atoms. The van der Waals surface area contributed by atoms with Crippen molar-refractivity contribution in [3.8, 4) is 22.3 Å². The Bertz CT molecular complexity index is 3320. The lowest BCUT2D eigenvalue weighted by molar-refractivity contribution is 0.672. The van der Waals surface area contributed by atoms with Crippen LogP contribution < -0.4 is 4.90 Å². The summed E-state index contributed by atoms with van der Waals surface area (Å²) in [5, 5.41) is 12.0. The monoisotopic (exact) mass is 743 g/mol. The molecule has 2 nitrogen and oxygen atoms in total. The van der Waals surface area contributed by atoms with Gasteiger partial charge in [-0.3, -0.25) is 0 Å². The summed E-state index contributed by atoms with van der Waals surface area (Å²) in [6.45, 7) is 0. The Morgan fingerprint density at radius 2 is 0.930 bits per heavy atom. The first kappa shape index (κ1) is 32.1. The van der Waals surface area contributed by atoms with Crippen LogP contribution in [0, 0.1) is 0 Å². The highest BCUT2D eigenvalue weighted by Crippen LogP contribution is 2.47. The number of fused-ring (bicyclic) bond motifs is 11. The van der Waals surface area contributed by atoms with Crippen LogP contribution >= 0.6 is 11.3 Å². The third kappa shape index (κ3) is 5.03. The summed E-state index contributed by atoms with van der Waals surface area (Å²) in [5.74, 6) is 0. The number of benzene rings is 10. The van der Waals surface area contributed by atoms with Gasteiger partial charge < -0.3 is 9.32 Å². The van der Waals surface area contributed by atoms with E-state index in [1.807, 2.05) is 11.3 Å². The predicted molar refractivity (Wildman–Crippen MR) is 245 cm³/mol. The second-order valence-corrected chi connectivity index (χ2v) is 15.9. The Labute approximate surface area is 333 Å². The van der Waals surface area contributed by atoms with Crippen molar-refractivity contribution in [3.05, 3.63) is 200 Å². The highest BCUT2D eigenvalue weighted by atomic mass is 32.1. The number of hydrogen-bond donors (Lipinski definition) is 0. The molecule has 0 N–H and O–H groups in total. The molecule has 266 valence electrons. The van der Waals surface area contributed by atoms with Crippen LogP contribution in [0.1, 0.15) is 0 Å². The molecular weight excluding hydrogens is 711 g/mol. The van der Waals surface area contributed by atoms with Gasteiger partial charge in [-0.25, -0.2) is 0 Å². The van der Waals surface area contributed by atoms with Crippen molar-refractivity contribution >= 4 is 103 Å². The average Bonchev–Trinajstić information content (AvgIpc) is 3.85. The molecule has 0 unspecified atom stereocenters. The Balaban J connectivity index is 1.12. The summed E-state index contributed by atoms with van der Waals surface area (Å²) >= 11 is 1.88. The van der Waals surface area contributed by atoms with Gasteiger partial charge in [0.15, 0.2) is 0 Å². The summed E-state index contributed by atoms with van der Waals surface area (Å²) in [6, 6.07) is 72.7. The topological polar surface area (TPSA) is 16.4 Å². The molecule has 12 rings (SSSR count). The fraction of sp³-hybridized carbons (Fsp3) is 0. The van der Waals surface area contributed by atoms with E-state index in [0.717, 1.165) is 44.4 Å². The van der Waals surface area contributed by atoms with E-state index in [2.05, 4.69) is 205 Å². The van der Waals surface area contributed by atoms with E-state index in [9.17, 15) is 0 Å². The maximum atomic E-state index is 6.73. The van der Waals surface area contributed by atoms with Crippen LogP contribution in [0.5, 0.6) is 0 Å². The van der Waals surface area contributed by atoms with Crippen LogP contribution in [0.15, 0.2) is 205 Å². The van der Waals surface area contributed by atoms with Crippen LogP contribution in [0.25, 0.3) is 96.7 Å². The summed E-state index contributed by atoms with van der Waals surface area (Å²) < 4.78 is 9.33. The molecule has 0 aliphatic rings. The molecule has 0 aliphatic carbocycles. The minimum absolute atomic E-state index is 0.876. The number of rotatable bonds is 5. The van der Waals surface area contributed by atoms with Gasteiger partial charge in [0.1, 0.15) is 11.2 Å². The molecule has 2 aromatic heterocycles. The minimum atomic E-state index is 0.876. The Hall–Kier alpha value is -7.20. The van der Waals surface area contributed by atoms with Crippen molar-refractivity contribution in [1.82, 2.24) is 0 Å². The van der Waals surface area contributed by atoms with Gasteiger partial charge in [0.25, 0.3) is 0 Å². The van der Waals surface area contributed by atoms with E-state index < -0.39 is 0 Å². The van der Waals surface area contributed by atoms with Crippen molar-refractivity contribution in [2.75, 3.05) is 4.90 Å². The van der Waals surface area contributed by atoms with Crippen molar-refractivity contribution in [2.24, 2.45) is 0 Å². The molecule has 3 heteroatoms. The third-order valence-electron chi connectivity index (χ3n) is 11.6. The highest BCUT2D eigenvalue weighted by Gasteiger charge is 2.21. The molecule has 0 amide bonds. The largest absolute Gasteiger partial charge is 0.455 e. The second kappa shape index (κ2) is 12.7. The molecular formula is C54H33NOS. The van der Waals surface area contributed by atoms with Gasteiger partial charge in [0.2, 0.25) is 0 Å². The SMILES string of the molecule is c1ccc(-c2cc3c4cc(N(c5ccc6sc7c8ccccc8c(-c8ccccc8)cc7c6c5)c5cccc6ccccc56)ccc4oc3c3ccccc23)cc1. The third-order valence-corrected chi connectivity index (χ3v) is 12.8. The lowest BCUT2D eigenvalue weighted by atomic mass is 9.95. The van der Waals surface area contributed by atoms with Gasteiger partial charge in [-0.05, 0) is 93.0 Å². The van der Waals surface area contributed by atoms with Crippen LogP contribution in [-0.2, 0) is 0 Å². The standard InChI is InChI=1S/C54H33NOS/c1-3-14-35(15-4-1)44-32-48-46-30-37(26-28-51(46)56-53(48)42-23-11-9-21-40(42)44)55(50-25-13-19-34-18-7-8-20-39(34)50)38-27-29-52-47(31-38)49-33-45(36-16-5-2-6-17-36)41-22-10-12-24-43(41)54(49)57-52/h1-33H. The van der Waals surface area contributed by atoms with Crippen molar-refractivity contribution in [2.45, 2.75) is 0 Å². The Morgan fingerprint density at radius 3 is 1.67 bits per heavy atom. The highest BCUT2D eigenvalue weighted by molar-refractivity contribution is 7.26. The molecule has 0 bridgehead atoms. The van der Waals surface area contributed by atoms with Gasteiger partial charge in [-0.15, -0.1) is 11.3 Å². The molecule has 0 fully saturated rings. The van der Waals surface area contributed by atoms with E-state index in [1.54, 1.807) is 0 Å². The fourth-order valence-corrected chi connectivity index (χ4v) is 10.2. The lowest BCUT2D eigenvalue weighted by Crippen LogP contribution is -2.10. The van der Waals surface area contributed by atoms with E-state index in [-0.39, 0.29) is 0 Å². The maximum absolute atomic E-state index is 6.73. The minimum Gasteiger partial charge on any atom is -0.455 e. The molecule has 12 aromatic rings. The molecule has 10 aromatic carbocycles. The molecule has 0 radical (unpaired) electrons. The lowest BCUT2D eigenvalue weighted by Gasteiger charge is -2.27. The molecule has 0 aliphatic heterocycles. The van der Waals surface area contributed by atoms with Crippen molar-refractivity contribution in [3.63, 3.8) is 0 Å². The summed E-state index contributed by atoms with van der Waals surface area (Å²) in [5.41, 5.74) is 9.99. The molecule has 0 atom stereocenters. The van der Waals surface area contributed by atoms with Gasteiger partial charge in [0, 0.05) is 58.5 Å². The van der Waals surface area contributed by atoms with E-state index in [4.69, 9.17) is 4.42 Å². The van der Waals surface area contributed by atoms with Crippen molar-refractivity contribution in [1.29, 1.82) is 0 Å². The number of thiophene rings is 1. The van der Waals surface area contributed by atoms with E-state index in [0.29, 0.717) is 0 Å². The first-order valence-electron chi connectivity index (χ1n) is 19.4. The average molecular weight is 744 g/mol. The van der Waals surface area contributed by atoms with Crippen molar-refractivity contribution < 1.29 is 4.42 Å². The maximum Gasteiger partial charge on any atom is 0.143 e. The van der Waals surface area contributed by atoms with Gasteiger partial charge in [-0.1, -0.05) is 146 Å². The van der Waals surface area contributed by atoms with Crippen LogP contribution in [0.2, 0.25) is 0 Å². The zero-order valence-corrected chi connectivity index (χ0v) is 31.6. The Kier molecular flexibility index (Phi) is 7.13. The van der Waals surface area contributed by atoms with Gasteiger partial charge in [0.05, 0.1) is 5.69 Å². The zero-order valence-electron chi connectivity index (χ0n) is 30.8. The first-order valence-corrected chi connectivity index (χ1v) is 20.2. The number of anilines is 3. The normalized spacial score (nSPS) is 11.9. The van der Waals surface area contributed by atoms with Crippen LogP contribution in [-0.4, -0.2) is 0 Å². The fourth-order valence-electron chi connectivity index (χ4n) is 8.99. The van der Waals surface area contributed by atoms with Crippen LogP contribution in [0.3, 0.4) is 0 Å². The Morgan fingerprint density at radius 1 is 0.368 bits per heavy atom. The van der Waals surface area contributed by atoms with Gasteiger partial charge in [-0.2, -0.15) is 0 Å². The van der Waals surface area contributed by atoms with E-state index in [1.165, 1.54) is 69.4 Å². The smallest absolute Gasteiger partial charge is 0.143 e. The first-order chi connectivity index (χ1) is 28.3. The summed E-state index contributed by atoms with van der Waals surface area (Å²) in [6.07, 6.45) is 0. The molecule has 0 spiro atoms. The predicted octanol–water partition coefficient (Wildman–Crippen LogP) is 16.2. The number of furan rings is 1. The molecule has 2 heterocycles.